The number of phenolic OH excluding ortho intramolecular Hbond substituents is 1. The van der Waals surface area contributed by atoms with E-state index in [0.29, 0.717) is 17.7 Å². The average molecular weight is 342 g/mol. The Kier molecular flexibility index (Phi) is 4.83. The Bertz CT molecular complexity index is 912. The number of rotatable bonds is 6. The monoisotopic (exact) mass is 342 g/mol. The first kappa shape index (κ1) is 16.5. The number of thiophene rings is 1. The van der Waals surface area contributed by atoms with Gasteiger partial charge < -0.3 is 14.4 Å². The lowest BCUT2D eigenvalue weighted by atomic mass is 10.1. The highest BCUT2D eigenvalue weighted by molar-refractivity contribution is 7.09. The van der Waals surface area contributed by atoms with Crippen molar-refractivity contribution in [3.8, 4) is 5.75 Å². The van der Waals surface area contributed by atoms with Crippen molar-refractivity contribution >= 4 is 22.3 Å². The van der Waals surface area contributed by atoms with Gasteiger partial charge in [-0.1, -0.05) is 12.6 Å². The van der Waals surface area contributed by atoms with Crippen LogP contribution in [-0.4, -0.2) is 11.7 Å². The molecule has 24 heavy (non-hydrogen) atoms. The second kappa shape index (κ2) is 7.03. The Morgan fingerprint density at radius 1 is 1.33 bits per heavy atom. The molecule has 5 heteroatoms. The Morgan fingerprint density at radius 2 is 2.17 bits per heavy atom. The largest absolute Gasteiger partial charge is 0.508 e. The van der Waals surface area contributed by atoms with Gasteiger partial charge in [0.2, 0.25) is 0 Å². The molecule has 2 aromatic heterocycles. The number of benzene rings is 1. The fourth-order valence-electron chi connectivity index (χ4n) is 2.90. The molecule has 0 amide bonds. The van der Waals surface area contributed by atoms with Crippen LogP contribution < -0.4 is 10.5 Å². The molecule has 1 aromatic carbocycles. The lowest BCUT2D eigenvalue weighted by Gasteiger charge is -2.18. The van der Waals surface area contributed by atoms with Gasteiger partial charge in [-0.05, 0) is 36.6 Å². The van der Waals surface area contributed by atoms with Gasteiger partial charge in [0.1, 0.15) is 24.4 Å². The van der Waals surface area contributed by atoms with Gasteiger partial charge in [0, 0.05) is 22.6 Å². The minimum atomic E-state index is -0.389. The molecule has 3 rings (SSSR count). The van der Waals surface area contributed by atoms with Gasteiger partial charge in [0.25, 0.3) is 0 Å². The van der Waals surface area contributed by atoms with Gasteiger partial charge in [-0.3, -0.25) is 0 Å². The molecule has 124 valence electrons. The molecule has 0 radical (unpaired) electrons. The van der Waals surface area contributed by atoms with Crippen molar-refractivity contribution in [2.75, 3.05) is 6.54 Å². The second-order valence-corrected chi connectivity index (χ2v) is 6.89. The Morgan fingerprint density at radius 3 is 2.88 bits per heavy atom. The van der Waals surface area contributed by atoms with Crippen molar-refractivity contribution in [3.63, 3.8) is 0 Å². The van der Waals surface area contributed by atoms with Crippen LogP contribution in [0.2, 0.25) is 0 Å². The van der Waals surface area contributed by atoms with Crippen molar-refractivity contribution in [2.45, 2.75) is 20.0 Å². The zero-order valence-electron chi connectivity index (χ0n) is 13.5. The Labute approximate surface area is 144 Å². The zero-order valence-corrected chi connectivity index (χ0v) is 14.4. The molecule has 0 bridgehead atoms. The third-order valence-corrected chi connectivity index (χ3v) is 4.97. The van der Waals surface area contributed by atoms with Gasteiger partial charge in [-0.15, -0.1) is 11.3 Å². The molecule has 3 aromatic rings. The molecule has 1 unspecified atom stereocenters. The minimum absolute atomic E-state index is 0.136. The van der Waals surface area contributed by atoms with E-state index in [2.05, 4.69) is 18.0 Å². The number of aromatic hydroxyl groups is 1. The van der Waals surface area contributed by atoms with Crippen LogP contribution in [0.15, 0.2) is 57.6 Å². The normalized spacial score (nSPS) is 12.4. The molecule has 0 aliphatic heterocycles. The van der Waals surface area contributed by atoms with Crippen LogP contribution in [0.25, 0.3) is 11.0 Å². The van der Waals surface area contributed by atoms with Crippen molar-refractivity contribution in [2.24, 2.45) is 0 Å². The first-order valence-electron chi connectivity index (χ1n) is 7.80. The smallest absolute Gasteiger partial charge is 0.336 e. The topological polar surface area (TPSA) is 54.9 Å². The number of quaternary nitrogens is 1. The molecule has 1 atom stereocenters. The van der Waals surface area contributed by atoms with Gasteiger partial charge in [-0.25, -0.2) is 4.79 Å². The summed E-state index contributed by atoms with van der Waals surface area (Å²) < 4.78 is 5.32. The number of phenols is 1. The van der Waals surface area contributed by atoms with E-state index >= 15 is 0 Å². The number of fused-ring (bicyclic) bond motifs is 1. The predicted molar refractivity (Wildman–Crippen MR) is 96.6 cm³/mol. The van der Waals surface area contributed by atoms with Crippen LogP contribution in [-0.2, 0) is 13.1 Å². The van der Waals surface area contributed by atoms with Crippen LogP contribution in [0, 0.1) is 6.92 Å². The summed E-state index contributed by atoms with van der Waals surface area (Å²) >= 11 is 1.73. The molecule has 2 heterocycles. The maximum absolute atomic E-state index is 11.9. The number of aryl methyl sites for hydroxylation is 1. The summed E-state index contributed by atoms with van der Waals surface area (Å²) in [4.78, 5) is 14.5. The standard InChI is InChI=1S/C19H19NO3S/c1-3-8-20(12-15-5-4-9-24-15)11-14-10-18(22)23-19-13(2)17(21)7-6-16(14)19/h3-7,9-10,21H,1,8,11-12H2,2H3/p+1. The fraction of sp³-hybridized carbons (Fsp3) is 0.211. The summed E-state index contributed by atoms with van der Waals surface area (Å²) in [5, 5.41) is 12.8. The van der Waals surface area contributed by atoms with Gasteiger partial charge in [0.15, 0.2) is 0 Å². The third-order valence-electron chi connectivity index (χ3n) is 4.10. The molecule has 0 aliphatic rings. The maximum atomic E-state index is 11.9. The fourth-order valence-corrected chi connectivity index (χ4v) is 3.68. The SMILES string of the molecule is C=CC[NH+](Cc1cccs1)Cc1cc(=O)oc2c(C)c(O)ccc12. The summed E-state index contributed by atoms with van der Waals surface area (Å²) in [6.45, 7) is 7.97. The molecule has 0 fully saturated rings. The average Bonchev–Trinajstić information content (AvgIpc) is 3.04. The van der Waals surface area contributed by atoms with Crippen LogP contribution in [0.3, 0.4) is 0 Å². The summed E-state index contributed by atoms with van der Waals surface area (Å²) in [5.41, 5.74) is 1.60. The molecule has 2 N–H and O–H groups in total. The summed E-state index contributed by atoms with van der Waals surface area (Å²) in [6, 6.07) is 9.17. The van der Waals surface area contributed by atoms with Gasteiger partial charge >= 0.3 is 5.63 Å². The Balaban J connectivity index is 1.99. The van der Waals surface area contributed by atoms with Crippen LogP contribution in [0.5, 0.6) is 5.75 Å². The molecule has 0 aliphatic carbocycles. The van der Waals surface area contributed by atoms with E-state index < -0.39 is 0 Å². The number of nitrogens with one attached hydrogen (secondary N) is 1. The quantitative estimate of drug-likeness (QED) is 0.535. The van der Waals surface area contributed by atoms with E-state index in [0.717, 1.165) is 24.0 Å². The molecule has 0 saturated carbocycles. The molecular formula is C19H20NO3S+. The lowest BCUT2D eigenvalue weighted by molar-refractivity contribution is -0.921. The lowest BCUT2D eigenvalue weighted by Crippen LogP contribution is -3.09. The molecule has 4 nitrogen and oxygen atoms in total. The van der Waals surface area contributed by atoms with Crippen molar-refractivity contribution < 1.29 is 14.4 Å². The van der Waals surface area contributed by atoms with E-state index in [-0.39, 0.29) is 11.4 Å². The van der Waals surface area contributed by atoms with Crippen LogP contribution >= 0.6 is 11.3 Å². The van der Waals surface area contributed by atoms with Gasteiger partial charge in [-0.2, -0.15) is 0 Å². The number of hydrogen-bond donors (Lipinski definition) is 2. The highest BCUT2D eigenvalue weighted by Gasteiger charge is 2.16. The predicted octanol–water partition coefficient (Wildman–Crippen LogP) is 2.64. The summed E-state index contributed by atoms with van der Waals surface area (Å²) in [5.74, 6) is 0.136. The molecule has 0 spiro atoms. The number of hydrogen-bond acceptors (Lipinski definition) is 4. The second-order valence-electron chi connectivity index (χ2n) is 5.85. The molecular weight excluding hydrogens is 322 g/mol. The van der Waals surface area contributed by atoms with E-state index in [1.165, 1.54) is 9.78 Å². The highest BCUT2D eigenvalue weighted by Crippen LogP contribution is 2.27. The summed E-state index contributed by atoms with van der Waals surface area (Å²) in [7, 11) is 0. The van der Waals surface area contributed by atoms with Crippen LogP contribution in [0.1, 0.15) is 16.0 Å². The first-order chi connectivity index (χ1) is 11.6. The van der Waals surface area contributed by atoms with Crippen molar-refractivity contribution in [3.05, 3.63) is 74.8 Å². The highest BCUT2D eigenvalue weighted by atomic mass is 32.1. The van der Waals surface area contributed by atoms with Crippen molar-refractivity contribution in [1.29, 1.82) is 0 Å². The minimum Gasteiger partial charge on any atom is -0.508 e. The van der Waals surface area contributed by atoms with Crippen molar-refractivity contribution in [1.82, 2.24) is 0 Å². The van der Waals surface area contributed by atoms with E-state index in [1.807, 2.05) is 18.2 Å². The molecule has 0 saturated heterocycles. The maximum Gasteiger partial charge on any atom is 0.336 e. The Hall–Kier alpha value is -2.37. The van der Waals surface area contributed by atoms with Gasteiger partial charge in [0.05, 0.1) is 11.4 Å². The van der Waals surface area contributed by atoms with E-state index in [4.69, 9.17) is 4.42 Å². The van der Waals surface area contributed by atoms with E-state index in [1.54, 1.807) is 30.4 Å². The summed E-state index contributed by atoms with van der Waals surface area (Å²) in [6.07, 6.45) is 1.90. The first-order valence-corrected chi connectivity index (χ1v) is 8.68. The zero-order chi connectivity index (χ0) is 17.1. The van der Waals surface area contributed by atoms with E-state index in [9.17, 15) is 9.90 Å². The third kappa shape index (κ3) is 3.42. The van der Waals surface area contributed by atoms with Crippen LogP contribution in [0.4, 0.5) is 0 Å².